The lowest BCUT2D eigenvalue weighted by Crippen LogP contribution is -2.18. The predicted octanol–water partition coefficient (Wildman–Crippen LogP) is 4.45. The van der Waals surface area contributed by atoms with Crippen LogP contribution in [0.5, 0.6) is 0 Å². The van der Waals surface area contributed by atoms with E-state index in [2.05, 4.69) is 45.1 Å². The van der Waals surface area contributed by atoms with Gasteiger partial charge in [0.1, 0.15) is 0 Å². The molecular weight excluding hydrogens is 254 g/mol. The van der Waals surface area contributed by atoms with Crippen LogP contribution in [0.4, 0.5) is 0 Å². The van der Waals surface area contributed by atoms with E-state index in [0.29, 0.717) is 5.92 Å². The van der Waals surface area contributed by atoms with Gasteiger partial charge in [0.2, 0.25) is 0 Å². The van der Waals surface area contributed by atoms with Crippen molar-refractivity contribution in [2.45, 2.75) is 53.7 Å². The number of rotatable bonds is 10. The molecule has 0 atom stereocenters. The van der Waals surface area contributed by atoms with Crippen molar-refractivity contribution in [2.75, 3.05) is 13.2 Å². The van der Waals surface area contributed by atoms with E-state index in [4.69, 9.17) is 4.74 Å². The summed E-state index contributed by atoms with van der Waals surface area (Å²) in [6.45, 7) is 12.7. The van der Waals surface area contributed by atoms with Gasteiger partial charge < -0.3 is 10.1 Å². The molecule has 1 rings (SSSR count). The van der Waals surface area contributed by atoms with E-state index in [1.165, 1.54) is 22.6 Å². The Morgan fingerprint density at radius 1 is 1.11 bits per heavy atom. The molecule has 0 radical (unpaired) electrons. The van der Waals surface area contributed by atoms with Crippen LogP contribution >= 0.6 is 11.3 Å². The van der Waals surface area contributed by atoms with E-state index >= 15 is 0 Å². The fraction of sp³-hybridized carbons (Fsp3) is 0.750. The van der Waals surface area contributed by atoms with Gasteiger partial charge in [-0.15, -0.1) is 11.3 Å². The van der Waals surface area contributed by atoms with Gasteiger partial charge in [-0.3, -0.25) is 0 Å². The summed E-state index contributed by atoms with van der Waals surface area (Å²) < 4.78 is 5.72. The van der Waals surface area contributed by atoms with Crippen LogP contribution in [0.3, 0.4) is 0 Å². The zero-order valence-corrected chi connectivity index (χ0v) is 13.7. The average molecular weight is 283 g/mol. The fourth-order valence-corrected chi connectivity index (χ4v) is 2.77. The zero-order valence-electron chi connectivity index (χ0n) is 12.9. The largest absolute Gasteiger partial charge is 0.376 e. The van der Waals surface area contributed by atoms with Crippen molar-refractivity contribution >= 4 is 11.3 Å². The summed E-state index contributed by atoms with van der Waals surface area (Å²) in [5, 5.41) is 3.47. The standard InChI is InChI=1S/C16H29NOS/c1-13(2)6-5-9-18-12-16-8-7-15(19-16)11-17-10-14(3)4/h7-8,13-14,17H,5-6,9-12H2,1-4H3. The lowest BCUT2D eigenvalue weighted by molar-refractivity contribution is 0.117. The molecule has 0 amide bonds. The van der Waals surface area contributed by atoms with E-state index in [-0.39, 0.29) is 0 Å². The van der Waals surface area contributed by atoms with E-state index in [0.717, 1.165) is 32.2 Å². The normalized spacial score (nSPS) is 11.7. The van der Waals surface area contributed by atoms with Crippen LogP contribution in [0, 0.1) is 11.8 Å². The Bertz CT molecular complexity index is 333. The first-order valence-electron chi connectivity index (χ1n) is 7.44. The lowest BCUT2D eigenvalue weighted by atomic mass is 10.1. The summed E-state index contributed by atoms with van der Waals surface area (Å²) in [5.74, 6) is 1.49. The molecule has 0 saturated carbocycles. The summed E-state index contributed by atoms with van der Waals surface area (Å²) in [5.41, 5.74) is 0. The Morgan fingerprint density at radius 3 is 2.53 bits per heavy atom. The van der Waals surface area contributed by atoms with Crippen LogP contribution < -0.4 is 5.32 Å². The van der Waals surface area contributed by atoms with E-state index < -0.39 is 0 Å². The van der Waals surface area contributed by atoms with Crippen molar-refractivity contribution in [2.24, 2.45) is 11.8 Å². The summed E-state index contributed by atoms with van der Waals surface area (Å²) in [6, 6.07) is 4.41. The molecule has 0 aliphatic carbocycles. The van der Waals surface area contributed by atoms with Crippen molar-refractivity contribution in [1.82, 2.24) is 5.32 Å². The molecule has 1 aromatic rings. The van der Waals surface area contributed by atoms with Gasteiger partial charge in [-0.1, -0.05) is 27.7 Å². The second-order valence-electron chi connectivity index (χ2n) is 5.98. The van der Waals surface area contributed by atoms with E-state index in [1.54, 1.807) is 0 Å². The first kappa shape index (κ1) is 16.7. The number of hydrogen-bond donors (Lipinski definition) is 1. The van der Waals surface area contributed by atoms with Gasteiger partial charge in [0.25, 0.3) is 0 Å². The Hall–Kier alpha value is -0.380. The molecule has 1 heterocycles. The van der Waals surface area contributed by atoms with Crippen LogP contribution in [-0.4, -0.2) is 13.2 Å². The van der Waals surface area contributed by atoms with E-state index in [9.17, 15) is 0 Å². The van der Waals surface area contributed by atoms with Gasteiger partial charge in [0.15, 0.2) is 0 Å². The molecule has 0 bridgehead atoms. The van der Waals surface area contributed by atoms with Crippen molar-refractivity contribution in [3.63, 3.8) is 0 Å². The number of nitrogens with one attached hydrogen (secondary N) is 1. The molecule has 19 heavy (non-hydrogen) atoms. The van der Waals surface area contributed by atoms with Gasteiger partial charge in [-0.2, -0.15) is 0 Å². The molecule has 2 nitrogen and oxygen atoms in total. The molecule has 0 fully saturated rings. The van der Waals surface area contributed by atoms with Crippen LogP contribution in [0.15, 0.2) is 12.1 Å². The van der Waals surface area contributed by atoms with Crippen LogP contribution in [0.1, 0.15) is 50.3 Å². The van der Waals surface area contributed by atoms with Gasteiger partial charge in [-0.25, -0.2) is 0 Å². The van der Waals surface area contributed by atoms with Crippen molar-refractivity contribution in [1.29, 1.82) is 0 Å². The first-order valence-corrected chi connectivity index (χ1v) is 8.25. The molecule has 0 unspecified atom stereocenters. The first-order chi connectivity index (χ1) is 9.08. The Kier molecular flexibility index (Phi) is 8.35. The third-order valence-corrected chi connectivity index (χ3v) is 3.94. The minimum absolute atomic E-state index is 0.712. The number of ether oxygens (including phenoxy) is 1. The third-order valence-electron chi connectivity index (χ3n) is 2.88. The monoisotopic (exact) mass is 283 g/mol. The molecule has 0 spiro atoms. The highest BCUT2D eigenvalue weighted by Crippen LogP contribution is 2.17. The quantitative estimate of drug-likeness (QED) is 0.641. The van der Waals surface area contributed by atoms with Gasteiger partial charge in [0, 0.05) is 22.9 Å². The molecule has 0 aromatic carbocycles. The second kappa shape index (κ2) is 9.51. The molecule has 0 aliphatic heterocycles. The minimum atomic E-state index is 0.712. The maximum Gasteiger partial charge on any atom is 0.0809 e. The number of hydrogen-bond acceptors (Lipinski definition) is 3. The molecule has 3 heteroatoms. The summed E-state index contributed by atoms with van der Waals surface area (Å²) >= 11 is 1.86. The van der Waals surface area contributed by atoms with Gasteiger partial charge in [-0.05, 0) is 43.4 Å². The zero-order chi connectivity index (χ0) is 14.1. The third kappa shape index (κ3) is 8.40. The molecule has 1 N–H and O–H groups in total. The van der Waals surface area contributed by atoms with Crippen molar-refractivity contribution in [3.8, 4) is 0 Å². The minimum Gasteiger partial charge on any atom is -0.376 e. The lowest BCUT2D eigenvalue weighted by Gasteiger charge is -2.05. The molecule has 0 saturated heterocycles. The smallest absolute Gasteiger partial charge is 0.0809 e. The summed E-state index contributed by atoms with van der Waals surface area (Å²) in [4.78, 5) is 2.74. The molecule has 0 aliphatic rings. The van der Waals surface area contributed by atoms with Crippen LogP contribution in [0.2, 0.25) is 0 Å². The second-order valence-corrected chi connectivity index (χ2v) is 7.23. The number of thiophene rings is 1. The van der Waals surface area contributed by atoms with Gasteiger partial charge >= 0.3 is 0 Å². The maximum absolute atomic E-state index is 5.72. The summed E-state index contributed by atoms with van der Waals surface area (Å²) in [6.07, 6.45) is 2.43. The Balaban J connectivity index is 2.12. The molecule has 1 aromatic heterocycles. The highest BCUT2D eigenvalue weighted by Gasteiger charge is 2.01. The highest BCUT2D eigenvalue weighted by atomic mass is 32.1. The van der Waals surface area contributed by atoms with Crippen molar-refractivity contribution < 1.29 is 4.74 Å². The van der Waals surface area contributed by atoms with Gasteiger partial charge in [0.05, 0.1) is 6.61 Å². The van der Waals surface area contributed by atoms with Crippen LogP contribution in [-0.2, 0) is 17.9 Å². The summed E-state index contributed by atoms with van der Waals surface area (Å²) in [7, 11) is 0. The topological polar surface area (TPSA) is 21.3 Å². The molecular formula is C16H29NOS. The Labute approximate surface area is 122 Å². The SMILES string of the molecule is CC(C)CCCOCc1ccc(CNCC(C)C)s1. The highest BCUT2D eigenvalue weighted by molar-refractivity contribution is 7.11. The molecule has 110 valence electrons. The fourth-order valence-electron chi connectivity index (χ4n) is 1.85. The maximum atomic E-state index is 5.72. The Morgan fingerprint density at radius 2 is 1.84 bits per heavy atom. The van der Waals surface area contributed by atoms with Crippen LogP contribution in [0.25, 0.3) is 0 Å². The van der Waals surface area contributed by atoms with E-state index in [1.807, 2.05) is 11.3 Å². The predicted molar refractivity (Wildman–Crippen MR) is 84.6 cm³/mol. The average Bonchev–Trinajstić information content (AvgIpc) is 2.76. The van der Waals surface area contributed by atoms with Crippen molar-refractivity contribution in [3.05, 3.63) is 21.9 Å².